The Kier molecular flexibility index (Phi) is 9.76. The van der Waals surface area contributed by atoms with E-state index in [0.29, 0.717) is 25.3 Å². The Morgan fingerprint density at radius 2 is 1.22 bits per heavy atom. The predicted molar refractivity (Wildman–Crippen MR) is 59.8 cm³/mol. The van der Waals surface area contributed by atoms with Crippen molar-refractivity contribution in [1.82, 2.24) is 0 Å². The minimum atomic E-state index is -0.685. The van der Waals surface area contributed by atoms with E-state index >= 15 is 0 Å². The summed E-state index contributed by atoms with van der Waals surface area (Å²) in [7, 11) is 0. The second kappa shape index (κ2) is 11.2. The van der Waals surface area contributed by atoms with E-state index < -0.39 is 11.9 Å². The molecule has 0 aromatic rings. The summed E-state index contributed by atoms with van der Waals surface area (Å²) in [5, 5.41) is 0. The zero-order valence-electron chi connectivity index (χ0n) is 9.82. The quantitative estimate of drug-likeness (QED) is 0.192. The maximum absolute atomic E-state index is 10.7. The molecule has 0 radical (unpaired) electrons. The minimum absolute atomic E-state index is 0.252. The second-order valence-electron chi connectivity index (χ2n) is 3.24. The Morgan fingerprint density at radius 3 is 1.56 bits per heavy atom. The van der Waals surface area contributed by atoms with Crippen LogP contribution in [0.25, 0.3) is 11.1 Å². The predicted octanol–water partition coefficient (Wildman–Crippen LogP) is 0.234. The average Bonchev–Trinajstić information content (AvgIpc) is 2.33. The molecule has 8 nitrogen and oxygen atoms in total. The number of rotatable bonds is 9. The summed E-state index contributed by atoms with van der Waals surface area (Å²) in [6.07, 6.45) is 4.35. The van der Waals surface area contributed by atoms with Crippen LogP contribution >= 0.6 is 0 Å². The number of nitrogens with zero attached hydrogens (tertiary/aromatic N) is 4. The van der Waals surface area contributed by atoms with Crippen LogP contribution < -0.4 is 0 Å². The lowest BCUT2D eigenvalue weighted by atomic mass is 10.2. The Balaban J connectivity index is 3.31. The number of hydrogen-bond donors (Lipinski definition) is 0. The van der Waals surface area contributed by atoms with Crippen molar-refractivity contribution in [2.75, 3.05) is 13.2 Å². The number of ether oxygens (including phenoxy) is 2. The fraction of sp³-hybridized carbons (Fsp3) is 0.600. The number of hydrogen-bond acceptors (Lipinski definition) is 4. The molecule has 0 atom stereocenters. The molecule has 0 aliphatic carbocycles. The van der Waals surface area contributed by atoms with Gasteiger partial charge in [0.2, 0.25) is 0 Å². The van der Waals surface area contributed by atoms with Crippen molar-refractivity contribution in [3.8, 4) is 0 Å². The van der Waals surface area contributed by atoms with Gasteiger partial charge in [-0.1, -0.05) is 0 Å². The third-order valence-corrected chi connectivity index (χ3v) is 1.85. The zero-order valence-corrected chi connectivity index (χ0v) is 9.82. The van der Waals surface area contributed by atoms with Gasteiger partial charge in [0.05, 0.1) is 13.2 Å². The molecule has 0 saturated carbocycles. The Bertz CT molecular complexity index is 334. The van der Waals surface area contributed by atoms with Crippen LogP contribution in [0.4, 0.5) is 0 Å². The summed E-state index contributed by atoms with van der Waals surface area (Å²) >= 11 is 0. The lowest BCUT2D eigenvalue weighted by Crippen LogP contribution is -2.08. The van der Waals surface area contributed by atoms with Crippen molar-refractivity contribution < 1.29 is 28.6 Å². The molecule has 98 valence electrons. The first-order valence-corrected chi connectivity index (χ1v) is 5.39. The SMILES string of the molecule is [N-]=[N+]=CC(=O)OCCCCCCOC(=O)C=[N+]=[N-]. The normalized spacial score (nSPS) is 8.67. The molecular weight excluding hydrogens is 240 g/mol. The lowest BCUT2D eigenvalue weighted by Gasteiger charge is -2.01. The zero-order chi connectivity index (χ0) is 13.6. The van der Waals surface area contributed by atoms with Crippen LogP contribution in [0.5, 0.6) is 0 Å². The van der Waals surface area contributed by atoms with Gasteiger partial charge >= 0.3 is 24.4 Å². The third kappa shape index (κ3) is 10.2. The molecule has 0 aliphatic heterocycles. The van der Waals surface area contributed by atoms with Crippen LogP contribution in [0.2, 0.25) is 0 Å². The van der Waals surface area contributed by atoms with Crippen LogP contribution in [0.3, 0.4) is 0 Å². The van der Waals surface area contributed by atoms with E-state index in [1.807, 2.05) is 0 Å². The van der Waals surface area contributed by atoms with Gasteiger partial charge in [-0.25, -0.2) is 9.59 Å². The van der Waals surface area contributed by atoms with Crippen molar-refractivity contribution in [1.29, 1.82) is 0 Å². The highest BCUT2D eigenvalue weighted by molar-refractivity contribution is 6.20. The Hall–Kier alpha value is -2.30. The topological polar surface area (TPSA) is 125 Å². The van der Waals surface area contributed by atoms with Gasteiger partial charge in [-0.2, -0.15) is 9.58 Å². The Morgan fingerprint density at radius 1 is 0.833 bits per heavy atom. The summed E-state index contributed by atoms with van der Waals surface area (Å²) in [6.45, 7) is 0.504. The molecule has 0 aromatic carbocycles. The van der Waals surface area contributed by atoms with E-state index in [4.69, 9.17) is 11.1 Å². The molecule has 0 saturated heterocycles. The van der Waals surface area contributed by atoms with Gasteiger partial charge in [-0.05, 0) is 25.7 Å². The summed E-state index contributed by atoms with van der Waals surface area (Å²) in [6, 6.07) is 0. The van der Waals surface area contributed by atoms with Gasteiger partial charge < -0.3 is 20.5 Å². The number of carbonyl (C=O) groups excluding carboxylic acids is 2. The maximum atomic E-state index is 10.7. The highest BCUT2D eigenvalue weighted by atomic mass is 16.5. The second-order valence-corrected chi connectivity index (χ2v) is 3.24. The molecule has 0 spiro atoms. The molecule has 0 N–H and O–H groups in total. The molecule has 0 bridgehead atoms. The van der Waals surface area contributed by atoms with E-state index in [0.717, 1.165) is 12.8 Å². The lowest BCUT2D eigenvalue weighted by molar-refractivity contribution is -0.140. The summed E-state index contributed by atoms with van der Waals surface area (Å²) < 4.78 is 9.36. The molecule has 8 heteroatoms. The van der Waals surface area contributed by atoms with E-state index in [-0.39, 0.29) is 13.2 Å². The van der Waals surface area contributed by atoms with Crippen molar-refractivity contribution in [3.63, 3.8) is 0 Å². The maximum Gasteiger partial charge on any atom is 0.413 e. The highest BCUT2D eigenvalue weighted by Crippen LogP contribution is 2.00. The number of carbonyl (C=O) groups is 2. The van der Waals surface area contributed by atoms with Crippen LogP contribution in [0.15, 0.2) is 0 Å². The average molecular weight is 254 g/mol. The number of unbranched alkanes of at least 4 members (excludes halogenated alkanes) is 3. The molecule has 0 aliphatic rings. The molecular formula is C10H14N4O4. The minimum Gasteiger partial charge on any atom is -0.457 e. The summed E-state index contributed by atoms with van der Waals surface area (Å²) in [5.74, 6) is -1.37. The fourth-order valence-electron chi connectivity index (χ4n) is 1.07. The van der Waals surface area contributed by atoms with E-state index in [1.165, 1.54) is 0 Å². The van der Waals surface area contributed by atoms with E-state index in [2.05, 4.69) is 19.1 Å². The number of esters is 2. The van der Waals surface area contributed by atoms with Crippen molar-refractivity contribution in [2.45, 2.75) is 25.7 Å². The molecule has 18 heavy (non-hydrogen) atoms. The summed E-state index contributed by atoms with van der Waals surface area (Å²) in [5.41, 5.74) is 16.0. The van der Waals surface area contributed by atoms with Gasteiger partial charge in [0.1, 0.15) is 0 Å². The largest absolute Gasteiger partial charge is 0.457 e. The van der Waals surface area contributed by atoms with Crippen LogP contribution in [-0.4, -0.2) is 47.2 Å². The molecule has 0 fully saturated rings. The van der Waals surface area contributed by atoms with Gasteiger partial charge in [0.25, 0.3) is 0 Å². The standard InChI is InChI=1S/C10H14N4O4/c11-13-7-9(15)17-5-3-1-2-4-6-18-10(16)8-14-12/h7-8H,1-6H2. The smallest absolute Gasteiger partial charge is 0.413 e. The van der Waals surface area contributed by atoms with E-state index in [9.17, 15) is 9.59 Å². The van der Waals surface area contributed by atoms with E-state index in [1.54, 1.807) is 0 Å². The molecule has 0 aromatic heterocycles. The van der Waals surface area contributed by atoms with Crippen LogP contribution in [0, 0.1) is 0 Å². The summed E-state index contributed by atoms with van der Waals surface area (Å²) in [4.78, 5) is 26.4. The first kappa shape index (κ1) is 15.7. The third-order valence-electron chi connectivity index (χ3n) is 1.85. The Labute approximate surface area is 104 Å². The molecule has 0 rings (SSSR count). The van der Waals surface area contributed by atoms with Gasteiger partial charge in [0, 0.05) is 0 Å². The molecule has 0 amide bonds. The van der Waals surface area contributed by atoms with Crippen molar-refractivity contribution in [2.24, 2.45) is 0 Å². The monoisotopic (exact) mass is 254 g/mol. The van der Waals surface area contributed by atoms with Gasteiger partial charge in [-0.15, -0.1) is 0 Å². The van der Waals surface area contributed by atoms with Gasteiger partial charge in [0.15, 0.2) is 0 Å². The van der Waals surface area contributed by atoms with Crippen LogP contribution in [-0.2, 0) is 19.1 Å². The van der Waals surface area contributed by atoms with Crippen LogP contribution in [0.1, 0.15) is 25.7 Å². The highest BCUT2D eigenvalue weighted by Gasteiger charge is 2.03. The van der Waals surface area contributed by atoms with Crippen molar-refractivity contribution in [3.05, 3.63) is 11.1 Å². The molecule has 0 unspecified atom stereocenters. The van der Waals surface area contributed by atoms with Gasteiger partial charge in [-0.3, -0.25) is 0 Å². The van der Waals surface area contributed by atoms with Crippen molar-refractivity contribution >= 4 is 24.4 Å². The molecule has 0 heterocycles. The fourth-order valence-corrected chi connectivity index (χ4v) is 1.07. The first-order valence-electron chi connectivity index (χ1n) is 5.39. The first-order chi connectivity index (χ1) is 8.70.